The van der Waals surface area contributed by atoms with Crippen LogP contribution in [-0.4, -0.2) is 13.0 Å². The van der Waals surface area contributed by atoms with E-state index in [1.807, 2.05) is 36.4 Å². The van der Waals surface area contributed by atoms with Crippen LogP contribution >= 0.6 is 15.9 Å². The van der Waals surface area contributed by atoms with E-state index in [4.69, 9.17) is 4.74 Å². The minimum Gasteiger partial charge on any atom is -0.496 e. The first kappa shape index (κ1) is 13.0. The molecule has 1 amide bonds. The molecule has 0 saturated heterocycles. The summed E-state index contributed by atoms with van der Waals surface area (Å²) in [6.07, 6.45) is -0.315. The van der Waals surface area contributed by atoms with Gasteiger partial charge in [0.15, 0.2) is 0 Å². The van der Waals surface area contributed by atoms with Crippen LogP contribution in [0.15, 0.2) is 46.9 Å². The smallest absolute Gasteiger partial charge is 0.255 e. The summed E-state index contributed by atoms with van der Waals surface area (Å²) >= 11 is 3.44. The van der Waals surface area contributed by atoms with Gasteiger partial charge < -0.3 is 15.4 Å². The Kier molecular flexibility index (Phi) is 3.36. The SMILES string of the molecule is COc1ccc(Br)cc1C1NC(=O)c2ccccc2N1. The van der Waals surface area contributed by atoms with Crippen molar-refractivity contribution in [3.05, 3.63) is 58.1 Å². The summed E-state index contributed by atoms with van der Waals surface area (Å²) in [6.45, 7) is 0. The molecular formula is C15H13BrN2O2. The fourth-order valence-electron chi connectivity index (χ4n) is 2.29. The molecule has 20 heavy (non-hydrogen) atoms. The molecule has 4 nitrogen and oxygen atoms in total. The Labute approximate surface area is 125 Å². The number of fused-ring (bicyclic) bond motifs is 1. The molecule has 1 aliphatic heterocycles. The van der Waals surface area contributed by atoms with Crippen molar-refractivity contribution in [1.82, 2.24) is 5.32 Å². The van der Waals surface area contributed by atoms with E-state index in [9.17, 15) is 4.79 Å². The molecule has 1 aliphatic rings. The highest BCUT2D eigenvalue weighted by atomic mass is 79.9. The lowest BCUT2D eigenvalue weighted by Crippen LogP contribution is -2.38. The molecule has 102 valence electrons. The summed E-state index contributed by atoms with van der Waals surface area (Å²) in [5.41, 5.74) is 2.35. The van der Waals surface area contributed by atoms with E-state index in [2.05, 4.69) is 26.6 Å². The number of carbonyl (C=O) groups excluding carboxylic acids is 1. The fraction of sp³-hybridized carbons (Fsp3) is 0.133. The number of hydrogen-bond donors (Lipinski definition) is 2. The monoisotopic (exact) mass is 332 g/mol. The molecule has 2 aromatic carbocycles. The standard InChI is InChI=1S/C15H13BrN2O2/c1-20-13-7-6-9(16)8-11(13)14-17-12-5-3-2-4-10(12)15(19)18-14/h2-8,14,17H,1H3,(H,18,19). The van der Waals surface area contributed by atoms with Crippen LogP contribution in [0.2, 0.25) is 0 Å². The second-order valence-corrected chi connectivity index (χ2v) is 5.40. The number of hydrogen-bond acceptors (Lipinski definition) is 3. The fourth-order valence-corrected chi connectivity index (χ4v) is 2.67. The Morgan fingerprint density at radius 1 is 1.15 bits per heavy atom. The van der Waals surface area contributed by atoms with Crippen LogP contribution in [0.3, 0.4) is 0 Å². The molecule has 0 spiro atoms. The van der Waals surface area contributed by atoms with Crippen molar-refractivity contribution in [2.24, 2.45) is 0 Å². The van der Waals surface area contributed by atoms with Gasteiger partial charge >= 0.3 is 0 Å². The summed E-state index contributed by atoms with van der Waals surface area (Å²) in [7, 11) is 1.62. The summed E-state index contributed by atoms with van der Waals surface area (Å²) < 4.78 is 6.30. The van der Waals surface area contributed by atoms with Gasteiger partial charge in [-0.25, -0.2) is 0 Å². The van der Waals surface area contributed by atoms with Gasteiger partial charge in [0.25, 0.3) is 5.91 Å². The predicted octanol–water partition coefficient (Wildman–Crippen LogP) is 3.31. The molecule has 2 aromatic rings. The van der Waals surface area contributed by atoms with Gasteiger partial charge in [0.05, 0.1) is 12.7 Å². The van der Waals surface area contributed by atoms with E-state index in [0.29, 0.717) is 5.56 Å². The Balaban J connectivity index is 2.02. The number of methoxy groups -OCH3 is 1. The lowest BCUT2D eigenvalue weighted by Gasteiger charge is -2.29. The maximum atomic E-state index is 12.2. The minimum absolute atomic E-state index is 0.0913. The van der Waals surface area contributed by atoms with Gasteiger partial charge in [-0.15, -0.1) is 0 Å². The Morgan fingerprint density at radius 3 is 2.75 bits per heavy atom. The highest BCUT2D eigenvalue weighted by molar-refractivity contribution is 9.10. The molecule has 1 atom stereocenters. The molecule has 0 aromatic heterocycles. The third kappa shape index (κ3) is 2.25. The van der Waals surface area contributed by atoms with Gasteiger partial charge in [-0.2, -0.15) is 0 Å². The number of halogens is 1. The van der Waals surface area contributed by atoms with Gasteiger partial charge in [-0.05, 0) is 30.3 Å². The molecule has 0 aliphatic carbocycles. The largest absolute Gasteiger partial charge is 0.496 e. The Hall–Kier alpha value is -2.01. The van der Waals surface area contributed by atoms with Gasteiger partial charge in [0.1, 0.15) is 11.9 Å². The zero-order valence-corrected chi connectivity index (χ0v) is 12.4. The quantitative estimate of drug-likeness (QED) is 0.887. The summed E-state index contributed by atoms with van der Waals surface area (Å²) in [5, 5.41) is 6.25. The van der Waals surface area contributed by atoms with Crippen molar-refractivity contribution < 1.29 is 9.53 Å². The van der Waals surface area contributed by atoms with Crippen LogP contribution < -0.4 is 15.4 Å². The van der Waals surface area contributed by atoms with Gasteiger partial charge in [0, 0.05) is 15.7 Å². The van der Waals surface area contributed by atoms with Crippen molar-refractivity contribution in [1.29, 1.82) is 0 Å². The van der Waals surface area contributed by atoms with Crippen molar-refractivity contribution in [3.8, 4) is 5.75 Å². The normalized spacial score (nSPS) is 16.9. The summed E-state index contributed by atoms with van der Waals surface area (Å²) in [6, 6.07) is 13.1. The molecule has 3 rings (SSSR count). The maximum Gasteiger partial charge on any atom is 0.255 e. The second kappa shape index (κ2) is 5.17. The van der Waals surface area contributed by atoms with Crippen molar-refractivity contribution >= 4 is 27.5 Å². The minimum atomic E-state index is -0.315. The molecule has 0 radical (unpaired) electrons. The molecule has 1 heterocycles. The maximum absolute atomic E-state index is 12.2. The molecule has 1 unspecified atom stereocenters. The number of carbonyl (C=O) groups is 1. The number of benzene rings is 2. The van der Waals surface area contributed by atoms with Crippen LogP contribution in [0.25, 0.3) is 0 Å². The Morgan fingerprint density at radius 2 is 1.95 bits per heavy atom. The summed E-state index contributed by atoms with van der Waals surface area (Å²) in [5.74, 6) is 0.636. The average molecular weight is 333 g/mol. The van der Waals surface area contributed by atoms with E-state index < -0.39 is 0 Å². The van der Waals surface area contributed by atoms with Gasteiger partial charge in [-0.3, -0.25) is 4.79 Å². The van der Waals surface area contributed by atoms with Crippen molar-refractivity contribution in [3.63, 3.8) is 0 Å². The highest BCUT2D eigenvalue weighted by Crippen LogP contribution is 2.32. The topological polar surface area (TPSA) is 50.4 Å². The predicted molar refractivity (Wildman–Crippen MR) is 81.0 cm³/mol. The Bertz CT molecular complexity index is 673. The number of amides is 1. The molecule has 0 bridgehead atoms. The number of nitrogens with one attached hydrogen (secondary N) is 2. The lowest BCUT2D eigenvalue weighted by molar-refractivity contribution is 0.0935. The molecule has 2 N–H and O–H groups in total. The first-order chi connectivity index (χ1) is 9.69. The van der Waals surface area contributed by atoms with E-state index in [-0.39, 0.29) is 12.1 Å². The van der Waals surface area contributed by atoms with E-state index in [1.54, 1.807) is 13.2 Å². The van der Waals surface area contributed by atoms with Crippen LogP contribution in [0.5, 0.6) is 5.75 Å². The number of para-hydroxylation sites is 1. The van der Waals surface area contributed by atoms with Crippen LogP contribution in [-0.2, 0) is 0 Å². The van der Waals surface area contributed by atoms with Gasteiger partial charge in [0.2, 0.25) is 0 Å². The van der Waals surface area contributed by atoms with Crippen molar-refractivity contribution in [2.75, 3.05) is 12.4 Å². The zero-order valence-electron chi connectivity index (χ0n) is 10.8. The van der Waals surface area contributed by atoms with E-state index in [1.165, 1.54) is 0 Å². The number of rotatable bonds is 2. The molecule has 0 saturated carbocycles. The third-order valence-corrected chi connectivity index (χ3v) is 3.74. The van der Waals surface area contributed by atoms with Crippen molar-refractivity contribution in [2.45, 2.75) is 6.17 Å². The molecule has 0 fully saturated rings. The first-order valence-electron chi connectivity index (χ1n) is 6.19. The lowest BCUT2D eigenvalue weighted by atomic mass is 10.1. The molecular weight excluding hydrogens is 320 g/mol. The molecule has 5 heteroatoms. The number of anilines is 1. The highest BCUT2D eigenvalue weighted by Gasteiger charge is 2.26. The van der Waals surface area contributed by atoms with E-state index >= 15 is 0 Å². The van der Waals surface area contributed by atoms with Crippen LogP contribution in [0.1, 0.15) is 22.1 Å². The third-order valence-electron chi connectivity index (χ3n) is 3.25. The van der Waals surface area contributed by atoms with E-state index in [0.717, 1.165) is 21.5 Å². The van der Waals surface area contributed by atoms with Crippen LogP contribution in [0, 0.1) is 0 Å². The first-order valence-corrected chi connectivity index (χ1v) is 6.98. The number of ether oxygens (including phenoxy) is 1. The van der Waals surface area contributed by atoms with Crippen LogP contribution in [0.4, 0.5) is 5.69 Å². The second-order valence-electron chi connectivity index (χ2n) is 4.48. The summed E-state index contributed by atoms with van der Waals surface area (Å²) in [4.78, 5) is 12.2. The average Bonchev–Trinajstić information content (AvgIpc) is 2.47. The zero-order chi connectivity index (χ0) is 14.1. The van der Waals surface area contributed by atoms with Gasteiger partial charge in [-0.1, -0.05) is 28.1 Å².